The fraction of sp³-hybridized carbons (Fsp3) is 0.400. The second kappa shape index (κ2) is 8.92. The molecule has 1 aromatic heterocycles. The Morgan fingerprint density at radius 1 is 1.10 bits per heavy atom. The average molecular weight is 405 g/mol. The summed E-state index contributed by atoms with van der Waals surface area (Å²) in [6.45, 7) is 4.48. The summed E-state index contributed by atoms with van der Waals surface area (Å²) in [7, 11) is 4.11. The highest BCUT2D eigenvalue weighted by Crippen LogP contribution is 2.31. The van der Waals surface area contributed by atoms with Gasteiger partial charge >= 0.3 is 0 Å². The zero-order valence-electron chi connectivity index (χ0n) is 18.2. The number of likely N-dealkylation sites (tertiary alicyclic amines) is 1. The third kappa shape index (κ3) is 4.21. The van der Waals surface area contributed by atoms with E-state index in [-0.39, 0.29) is 17.9 Å². The Bertz CT molecular complexity index is 986. The van der Waals surface area contributed by atoms with E-state index in [4.69, 9.17) is 0 Å². The van der Waals surface area contributed by atoms with E-state index in [2.05, 4.69) is 84.0 Å². The van der Waals surface area contributed by atoms with Crippen LogP contribution in [0, 0.1) is 0 Å². The molecule has 2 atom stereocenters. The molecule has 2 N–H and O–H groups in total. The number of amides is 1. The SMILES string of the molecule is CC(NCC(c1ccc(N(C)C)cc1)c1c[nH]c2ccccc12)C(=O)N1CCCC1. The number of carbonyl (C=O) groups is 1. The lowest BCUT2D eigenvalue weighted by Gasteiger charge is -2.24. The quantitative estimate of drug-likeness (QED) is 0.627. The molecule has 0 bridgehead atoms. The number of carbonyl (C=O) groups excluding carboxylic acids is 1. The second-order valence-corrected chi connectivity index (χ2v) is 8.49. The maximum Gasteiger partial charge on any atom is 0.239 e. The van der Waals surface area contributed by atoms with Gasteiger partial charge in [0.05, 0.1) is 6.04 Å². The molecule has 4 rings (SSSR count). The molecule has 2 heterocycles. The zero-order valence-corrected chi connectivity index (χ0v) is 18.2. The van der Waals surface area contributed by atoms with E-state index in [0.717, 1.165) is 31.4 Å². The van der Waals surface area contributed by atoms with Gasteiger partial charge in [0.1, 0.15) is 0 Å². The van der Waals surface area contributed by atoms with Crippen molar-refractivity contribution in [1.82, 2.24) is 15.2 Å². The topological polar surface area (TPSA) is 51.4 Å². The van der Waals surface area contributed by atoms with Crippen molar-refractivity contribution in [3.05, 3.63) is 65.9 Å². The van der Waals surface area contributed by atoms with Crippen molar-refractivity contribution in [3.63, 3.8) is 0 Å². The molecular formula is C25H32N4O. The van der Waals surface area contributed by atoms with Gasteiger partial charge in [-0.2, -0.15) is 0 Å². The van der Waals surface area contributed by atoms with Crippen molar-refractivity contribution in [1.29, 1.82) is 0 Å². The Labute approximate surface area is 179 Å². The first kappa shape index (κ1) is 20.5. The number of fused-ring (bicyclic) bond motifs is 1. The van der Waals surface area contributed by atoms with Gasteiger partial charge in [-0.3, -0.25) is 4.79 Å². The maximum absolute atomic E-state index is 12.8. The van der Waals surface area contributed by atoms with Crippen LogP contribution in [0.2, 0.25) is 0 Å². The summed E-state index contributed by atoms with van der Waals surface area (Å²) >= 11 is 0. The molecular weight excluding hydrogens is 372 g/mol. The predicted octanol–water partition coefficient (Wildman–Crippen LogP) is 3.97. The minimum atomic E-state index is -0.183. The van der Waals surface area contributed by atoms with Crippen molar-refractivity contribution in [2.45, 2.75) is 31.7 Å². The molecule has 0 saturated carbocycles. The summed E-state index contributed by atoms with van der Waals surface area (Å²) in [5.41, 5.74) is 4.83. The largest absolute Gasteiger partial charge is 0.378 e. The Hall–Kier alpha value is -2.79. The molecule has 1 aliphatic heterocycles. The van der Waals surface area contributed by atoms with Gasteiger partial charge < -0.3 is 20.1 Å². The monoisotopic (exact) mass is 404 g/mol. The number of rotatable bonds is 7. The minimum Gasteiger partial charge on any atom is -0.378 e. The molecule has 3 aromatic rings. The van der Waals surface area contributed by atoms with Gasteiger partial charge in [0.15, 0.2) is 0 Å². The fourth-order valence-corrected chi connectivity index (χ4v) is 4.39. The first-order chi connectivity index (χ1) is 14.5. The van der Waals surface area contributed by atoms with Gasteiger partial charge in [0.25, 0.3) is 0 Å². The number of aromatic amines is 1. The van der Waals surface area contributed by atoms with E-state index in [1.54, 1.807) is 0 Å². The zero-order chi connectivity index (χ0) is 21.1. The summed E-state index contributed by atoms with van der Waals surface area (Å²) in [5.74, 6) is 0.374. The van der Waals surface area contributed by atoms with Crippen molar-refractivity contribution in [3.8, 4) is 0 Å². The molecule has 5 nitrogen and oxygen atoms in total. The molecule has 5 heteroatoms. The Morgan fingerprint density at radius 3 is 2.50 bits per heavy atom. The number of hydrogen-bond acceptors (Lipinski definition) is 3. The van der Waals surface area contributed by atoms with Crippen LogP contribution in [0.4, 0.5) is 5.69 Å². The van der Waals surface area contributed by atoms with E-state index in [0.29, 0.717) is 6.54 Å². The number of aromatic nitrogens is 1. The normalized spacial score (nSPS) is 16.0. The predicted molar refractivity (Wildman–Crippen MR) is 124 cm³/mol. The van der Waals surface area contributed by atoms with Crippen molar-refractivity contribution < 1.29 is 4.79 Å². The standard InChI is InChI=1S/C25H32N4O/c1-18(25(30)29-14-6-7-15-29)26-16-22(19-10-12-20(13-11-19)28(2)3)23-17-27-24-9-5-4-8-21(23)24/h4-5,8-13,17-18,22,26-27H,6-7,14-16H2,1-3H3. The van der Waals surface area contributed by atoms with E-state index in [9.17, 15) is 4.79 Å². The lowest BCUT2D eigenvalue weighted by atomic mass is 9.90. The molecule has 2 unspecified atom stereocenters. The van der Waals surface area contributed by atoms with Crippen LogP contribution in [-0.4, -0.2) is 55.6 Å². The van der Waals surface area contributed by atoms with Crippen molar-refractivity contribution in [2.24, 2.45) is 0 Å². The highest BCUT2D eigenvalue weighted by atomic mass is 16.2. The number of H-pyrrole nitrogens is 1. The fourth-order valence-electron chi connectivity index (χ4n) is 4.39. The number of hydrogen-bond donors (Lipinski definition) is 2. The number of benzene rings is 2. The van der Waals surface area contributed by atoms with Crippen LogP contribution >= 0.6 is 0 Å². The van der Waals surface area contributed by atoms with Crippen molar-refractivity contribution in [2.75, 3.05) is 38.6 Å². The maximum atomic E-state index is 12.8. The van der Waals surface area contributed by atoms with Crippen LogP contribution in [0.15, 0.2) is 54.7 Å². The lowest BCUT2D eigenvalue weighted by molar-refractivity contribution is -0.131. The van der Waals surface area contributed by atoms with Gasteiger partial charge in [-0.25, -0.2) is 0 Å². The molecule has 0 spiro atoms. The van der Waals surface area contributed by atoms with Gasteiger partial charge in [-0.15, -0.1) is 0 Å². The van der Waals surface area contributed by atoms with Crippen LogP contribution in [0.5, 0.6) is 0 Å². The van der Waals surface area contributed by atoms with Crippen LogP contribution < -0.4 is 10.2 Å². The van der Waals surface area contributed by atoms with E-state index < -0.39 is 0 Å². The lowest BCUT2D eigenvalue weighted by Crippen LogP contribution is -2.44. The van der Waals surface area contributed by atoms with Crippen LogP contribution in [0.3, 0.4) is 0 Å². The number of nitrogens with zero attached hydrogens (tertiary/aromatic N) is 2. The van der Waals surface area contributed by atoms with Crippen LogP contribution in [0.1, 0.15) is 36.8 Å². The number of para-hydroxylation sites is 1. The Kier molecular flexibility index (Phi) is 6.09. The summed E-state index contributed by atoms with van der Waals surface area (Å²) < 4.78 is 0. The van der Waals surface area contributed by atoms with Gasteiger partial charge in [0.2, 0.25) is 5.91 Å². The molecule has 0 aliphatic carbocycles. The Balaban J connectivity index is 1.59. The molecule has 2 aromatic carbocycles. The summed E-state index contributed by atoms with van der Waals surface area (Å²) in [5, 5.41) is 4.77. The number of nitrogens with one attached hydrogen (secondary N) is 2. The van der Waals surface area contributed by atoms with Crippen molar-refractivity contribution >= 4 is 22.5 Å². The minimum absolute atomic E-state index is 0.159. The molecule has 1 amide bonds. The average Bonchev–Trinajstić information content (AvgIpc) is 3.44. The van der Waals surface area contributed by atoms with E-state index >= 15 is 0 Å². The molecule has 158 valence electrons. The van der Waals surface area contributed by atoms with E-state index in [1.165, 1.54) is 22.2 Å². The highest BCUT2D eigenvalue weighted by Gasteiger charge is 2.25. The Morgan fingerprint density at radius 2 is 1.80 bits per heavy atom. The summed E-state index contributed by atoms with van der Waals surface area (Å²) in [6, 6.07) is 17.0. The van der Waals surface area contributed by atoms with E-state index in [1.807, 2.05) is 11.8 Å². The molecule has 0 radical (unpaired) electrons. The summed E-state index contributed by atoms with van der Waals surface area (Å²) in [6.07, 6.45) is 4.35. The molecule has 1 aliphatic rings. The van der Waals surface area contributed by atoms with Gasteiger partial charge in [0, 0.05) is 62.4 Å². The molecule has 1 saturated heterocycles. The summed E-state index contributed by atoms with van der Waals surface area (Å²) in [4.78, 5) is 20.3. The smallest absolute Gasteiger partial charge is 0.239 e. The molecule has 1 fully saturated rings. The first-order valence-corrected chi connectivity index (χ1v) is 10.9. The first-order valence-electron chi connectivity index (χ1n) is 10.9. The second-order valence-electron chi connectivity index (χ2n) is 8.49. The van der Waals surface area contributed by atoms with Gasteiger partial charge in [-0.1, -0.05) is 30.3 Å². The molecule has 30 heavy (non-hydrogen) atoms. The van der Waals surface area contributed by atoms with Crippen LogP contribution in [-0.2, 0) is 4.79 Å². The van der Waals surface area contributed by atoms with Gasteiger partial charge in [-0.05, 0) is 49.1 Å². The third-order valence-electron chi connectivity index (χ3n) is 6.22. The number of anilines is 1. The van der Waals surface area contributed by atoms with Crippen LogP contribution in [0.25, 0.3) is 10.9 Å². The third-order valence-corrected chi connectivity index (χ3v) is 6.22. The highest BCUT2D eigenvalue weighted by molar-refractivity contribution is 5.84.